The number of fused-ring (bicyclic) bond motifs is 1. The third-order valence-electron chi connectivity index (χ3n) is 6.55. The number of nitrogens with one attached hydrogen (secondary N) is 2. The van der Waals surface area contributed by atoms with E-state index in [1.165, 1.54) is 12.1 Å². The highest BCUT2D eigenvalue weighted by Crippen LogP contribution is 2.41. The van der Waals surface area contributed by atoms with Crippen LogP contribution < -0.4 is 16.0 Å². The maximum absolute atomic E-state index is 15.0. The normalized spacial score (nSPS) is 21.2. The summed E-state index contributed by atoms with van der Waals surface area (Å²) >= 11 is 0. The number of rotatable bonds is 5. The molecule has 1 aliphatic heterocycles. The van der Waals surface area contributed by atoms with Gasteiger partial charge in [0.25, 0.3) is 11.8 Å². The van der Waals surface area contributed by atoms with Crippen LogP contribution in [0.4, 0.5) is 10.1 Å². The van der Waals surface area contributed by atoms with Crippen LogP contribution in [0, 0.1) is 37.9 Å². The van der Waals surface area contributed by atoms with Crippen molar-refractivity contribution in [3.8, 4) is 12.3 Å². The van der Waals surface area contributed by atoms with Crippen LogP contribution in [0.15, 0.2) is 18.2 Å². The number of carbonyl (C=O) groups excluding carboxylic acids is 2. The van der Waals surface area contributed by atoms with E-state index in [2.05, 4.69) is 16.2 Å². The second-order valence-corrected chi connectivity index (χ2v) is 9.04. The van der Waals surface area contributed by atoms with Crippen molar-refractivity contribution in [3.05, 3.63) is 52.1 Å². The molecule has 2 aromatic rings. The summed E-state index contributed by atoms with van der Waals surface area (Å²) in [5.74, 6) is 1.14. The molecule has 7 heteroatoms. The average molecular weight is 449 g/mol. The molecule has 1 aromatic heterocycles. The number of hydrogen-bond acceptors (Lipinski definition) is 3. The molecule has 0 radical (unpaired) electrons. The van der Waals surface area contributed by atoms with Crippen molar-refractivity contribution in [2.75, 3.05) is 18.0 Å². The van der Waals surface area contributed by atoms with Gasteiger partial charge in [0.1, 0.15) is 5.82 Å². The van der Waals surface area contributed by atoms with Gasteiger partial charge in [-0.2, -0.15) is 0 Å². The van der Waals surface area contributed by atoms with E-state index in [1.54, 1.807) is 11.0 Å². The first kappa shape index (κ1) is 22.8. The molecular formula is C26H29FN4O2. The van der Waals surface area contributed by atoms with Crippen LogP contribution >= 0.6 is 0 Å². The number of aromatic nitrogens is 1. The molecule has 2 heterocycles. The lowest BCUT2D eigenvalue weighted by Gasteiger charge is -2.29. The van der Waals surface area contributed by atoms with Crippen LogP contribution in [0.1, 0.15) is 58.6 Å². The number of aryl methyl sites for hydroxylation is 2. The predicted octanol–water partition coefficient (Wildman–Crippen LogP) is 3.54. The van der Waals surface area contributed by atoms with E-state index in [-0.39, 0.29) is 24.1 Å². The van der Waals surface area contributed by atoms with Gasteiger partial charge in [0.2, 0.25) is 0 Å². The molecule has 2 aliphatic rings. The molecule has 4 rings (SSSR count). The first-order valence-electron chi connectivity index (χ1n) is 11.3. The molecule has 172 valence electrons. The van der Waals surface area contributed by atoms with E-state index >= 15 is 0 Å². The minimum atomic E-state index is -0.681. The fourth-order valence-electron chi connectivity index (χ4n) is 4.77. The molecule has 0 saturated heterocycles. The zero-order valence-corrected chi connectivity index (χ0v) is 19.0. The Balaban J connectivity index is 1.76. The van der Waals surface area contributed by atoms with Gasteiger partial charge in [0, 0.05) is 29.5 Å². The standard InChI is InChI=1S/C26H29FN4O2/c1-4-9-29-25(32)21-11-19-20(12-23-15(2)10-16(3)30-23)26(33)31(24(19)13-22(21)27)14-17-5-7-18(28)8-6-17/h1,10-13,17-18,30H,5-9,14,28H2,2-3H3,(H,29,32)/b20-12-. The monoisotopic (exact) mass is 448 g/mol. The van der Waals surface area contributed by atoms with Crippen molar-refractivity contribution in [3.63, 3.8) is 0 Å². The molecule has 1 aromatic carbocycles. The number of nitrogens with zero attached hydrogens (tertiary/aromatic N) is 1. The van der Waals surface area contributed by atoms with Crippen molar-refractivity contribution >= 4 is 29.2 Å². The SMILES string of the molecule is C#CCNC(=O)c1cc2c(cc1F)N(CC1CCC(N)CC1)C(=O)/C2=C\c1[nH]c(C)cc1C. The summed E-state index contributed by atoms with van der Waals surface area (Å²) in [4.78, 5) is 30.9. The molecule has 4 N–H and O–H groups in total. The van der Waals surface area contributed by atoms with Gasteiger partial charge < -0.3 is 20.9 Å². The van der Waals surface area contributed by atoms with E-state index in [4.69, 9.17) is 12.2 Å². The largest absolute Gasteiger partial charge is 0.359 e. The van der Waals surface area contributed by atoms with Gasteiger partial charge in [-0.05, 0) is 75.3 Å². The number of hydrogen-bond donors (Lipinski definition) is 3. The van der Waals surface area contributed by atoms with Crippen LogP contribution in [0.2, 0.25) is 0 Å². The number of carbonyl (C=O) groups is 2. The summed E-state index contributed by atoms with van der Waals surface area (Å²) in [7, 11) is 0. The molecule has 0 spiro atoms. The first-order valence-corrected chi connectivity index (χ1v) is 11.3. The number of amides is 2. The zero-order chi connectivity index (χ0) is 23.7. The summed E-state index contributed by atoms with van der Waals surface area (Å²) in [6, 6.07) is 4.96. The molecule has 1 aliphatic carbocycles. The topological polar surface area (TPSA) is 91.2 Å². The van der Waals surface area contributed by atoms with Crippen LogP contribution in [-0.2, 0) is 4.79 Å². The minimum Gasteiger partial charge on any atom is -0.359 e. The Labute approximate surface area is 193 Å². The number of nitrogens with two attached hydrogens (primary N) is 1. The average Bonchev–Trinajstić information content (AvgIpc) is 3.23. The van der Waals surface area contributed by atoms with Crippen molar-refractivity contribution in [1.29, 1.82) is 0 Å². The van der Waals surface area contributed by atoms with Gasteiger partial charge in [-0.25, -0.2) is 4.39 Å². The number of anilines is 1. The third kappa shape index (κ3) is 4.57. The number of H-pyrrole nitrogens is 1. The van der Waals surface area contributed by atoms with Crippen LogP contribution in [0.5, 0.6) is 0 Å². The van der Waals surface area contributed by atoms with E-state index < -0.39 is 11.7 Å². The smallest absolute Gasteiger partial charge is 0.259 e. The molecule has 0 unspecified atom stereocenters. The van der Waals surface area contributed by atoms with Gasteiger partial charge in [0.15, 0.2) is 0 Å². The molecular weight excluding hydrogens is 419 g/mol. The summed E-state index contributed by atoms with van der Waals surface area (Å²) < 4.78 is 15.0. The predicted molar refractivity (Wildman–Crippen MR) is 128 cm³/mol. The van der Waals surface area contributed by atoms with E-state index in [9.17, 15) is 14.0 Å². The Morgan fingerprint density at radius 3 is 2.67 bits per heavy atom. The zero-order valence-electron chi connectivity index (χ0n) is 19.0. The van der Waals surface area contributed by atoms with Crippen molar-refractivity contribution in [2.45, 2.75) is 45.6 Å². The molecule has 0 atom stereocenters. The Morgan fingerprint density at radius 1 is 1.30 bits per heavy atom. The molecule has 1 saturated carbocycles. The molecule has 0 bridgehead atoms. The van der Waals surface area contributed by atoms with Crippen LogP contribution in [-0.4, -0.2) is 35.9 Å². The van der Waals surface area contributed by atoms with Gasteiger partial charge in [-0.3, -0.25) is 9.59 Å². The summed E-state index contributed by atoms with van der Waals surface area (Å²) in [5, 5.41) is 2.50. The third-order valence-corrected chi connectivity index (χ3v) is 6.55. The number of terminal acetylenes is 1. The summed E-state index contributed by atoms with van der Waals surface area (Å²) in [6.45, 7) is 4.40. The summed E-state index contributed by atoms with van der Waals surface area (Å²) in [6.07, 6.45) is 10.7. The lowest BCUT2D eigenvalue weighted by atomic mass is 9.86. The Hall–Kier alpha value is -3.37. The number of halogens is 1. The summed E-state index contributed by atoms with van der Waals surface area (Å²) in [5.41, 5.74) is 10.2. The molecule has 33 heavy (non-hydrogen) atoms. The van der Waals surface area contributed by atoms with Gasteiger partial charge >= 0.3 is 0 Å². The van der Waals surface area contributed by atoms with Crippen molar-refractivity contribution in [2.24, 2.45) is 11.7 Å². The van der Waals surface area contributed by atoms with Gasteiger partial charge in [-0.1, -0.05) is 5.92 Å². The first-order chi connectivity index (χ1) is 15.8. The fourth-order valence-corrected chi connectivity index (χ4v) is 4.77. The minimum absolute atomic E-state index is 0.00608. The number of aromatic amines is 1. The Bertz CT molecular complexity index is 1170. The maximum atomic E-state index is 15.0. The van der Waals surface area contributed by atoms with E-state index in [1.807, 2.05) is 19.9 Å². The van der Waals surface area contributed by atoms with Crippen molar-refractivity contribution < 1.29 is 14.0 Å². The second kappa shape index (κ2) is 9.24. The quantitative estimate of drug-likeness (QED) is 0.483. The van der Waals surface area contributed by atoms with E-state index in [0.29, 0.717) is 29.3 Å². The lowest BCUT2D eigenvalue weighted by Crippen LogP contribution is -2.36. The van der Waals surface area contributed by atoms with Crippen LogP contribution in [0.3, 0.4) is 0 Å². The Morgan fingerprint density at radius 2 is 2.03 bits per heavy atom. The highest BCUT2D eigenvalue weighted by molar-refractivity contribution is 6.36. The maximum Gasteiger partial charge on any atom is 0.259 e. The van der Waals surface area contributed by atoms with E-state index in [0.717, 1.165) is 42.6 Å². The van der Waals surface area contributed by atoms with Crippen molar-refractivity contribution in [1.82, 2.24) is 10.3 Å². The highest BCUT2D eigenvalue weighted by Gasteiger charge is 2.36. The highest BCUT2D eigenvalue weighted by atomic mass is 19.1. The van der Waals surface area contributed by atoms with Gasteiger partial charge in [-0.15, -0.1) is 6.42 Å². The van der Waals surface area contributed by atoms with Crippen LogP contribution in [0.25, 0.3) is 11.6 Å². The lowest BCUT2D eigenvalue weighted by molar-refractivity contribution is -0.113. The number of benzene rings is 1. The van der Waals surface area contributed by atoms with Gasteiger partial charge in [0.05, 0.1) is 23.4 Å². The fraction of sp³-hybridized carbons (Fsp3) is 0.385. The molecule has 1 fully saturated rings. The molecule has 6 nitrogen and oxygen atoms in total. The second-order valence-electron chi connectivity index (χ2n) is 9.04. The molecule has 2 amide bonds. The Kier molecular flexibility index (Phi) is 6.39.